The fourth-order valence-electron chi connectivity index (χ4n) is 3.06. The van der Waals surface area contributed by atoms with Crippen LogP contribution >= 0.6 is 0 Å². The maximum absolute atomic E-state index is 5.38. The summed E-state index contributed by atoms with van der Waals surface area (Å²) in [6.07, 6.45) is 7.97. The average Bonchev–Trinajstić information content (AvgIpc) is 3.16. The Morgan fingerprint density at radius 3 is 2.86 bits per heavy atom. The van der Waals surface area contributed by atoms with Crippen molar-refractivity contribution in [1.82, 2.24) is 19.6 Å². The normalized spacial score (nSPS) is 16.2. The van der Waals surface area contributed by atoms with Crippen molar-refractivity contribution in [3.63, 3.8) is 0 Å². The molecule has 1 aliphatic carbocycles. The number of aromatic nitrogens is 4. The van der Waals surface area contributed by atoms with Crippen LogP contribution in [0.15, 0.2) is 28.9 Å². The van der Waals surface area contributed by atoms with Gasteiger partial charge in [0.25, 0.3) is 5.78 Å². The summed E-state index contributed by atoms with van der Waals surface area (Å²) >= 11 is 0. The van der Waals surface area contributed by atoms with Crippen LogP contribution in [0.1, 0.15) is 37.8 Å². The molecule has 0 atom stereocenters. The molecule has 1 aliphatic rings. The minimum Gasteiger partial charge on any atom is -0.461 e. The molecule has 22 heavy (non-hydrogen) atoms. The summed E-state index contributed by atoms with van der Waals surface area (Å²) in [4.78, 5) is 8.94. The van der Waals surface area contributed by atoms with Gasteiger partial charge in [0.15, 0.2) is 5.76 Å². The molecule has 3 aromatic heterocycles. The Morgan fingerprint density at radius 1 is 1.23 bits per heavy atom. The second-order valence-electron chi connectivity index (χ2n) is 5.89. The smallest absolute Gasteiger partial charge is 0.254 e. The van der Waals surface area contributed by atoms with Crippen molar-refractivity contribution in [2.45, 2.75) is 45.1 Å². The van der Waals surface area contributed by atoms with E-state index < -0.39 is 0 Å². The Morgan fingerprint density at radius 2 is 2.09 bits per heavy atom. The van der Waals surface area contributed by atoms with E-state index in [1.54, 1.807) is 10.8 Å². The summed E-state index contributed by atoms with van der Waals surface area (Å²) in [5, 5.41) is 8.16. The van der Waals surface area contributed by atoms with Crippen molar-refractivity contribution in [2.75, 3.05) is 5.32 Å². The maximum atomic E-state index is 5.38. The van der Waals surface area contributed by atoms with E-state index in [9.17, 15) is 0 Å². The molecule has 0 amide bonds. The van der Waals surface area contributed by atoms with E-state index in [2.05, 4.69) is 20.4 Å². The van der Waals surface area contributed by atoms with Crippen molar-refractivity contribution in [3.8, 4) is 11.6 Å². The molecule has 1 N–H and O–H groups in total. The molecule has 0 aliphatic heterocycles. The van der Waals surface area contributed by atoms with E-state index in [4.69, 9.17) is 4.42 Å². The van der Waals surface area contributed by atoms with Gasteiger partial charge in [0.1, 0.15) is 5.82 Å². The fourth-order valence-corrected chi connectivity index (χ4v) is 3.06. The summed E-state index contributed by atoms with van der Waals surface area (Å²) in [6.45, 7) is 1.98. The average molecular weight is 297 g/mol. The van der Waals surface area contributed by atoms with Crippen LogP contribution in [0.5, 0.6) is 0 Å². The number of aryl methyl sites for hydroxylation is 1. The molecule has 3 aromatic rings. The van der Waals surface area contributed by atoms with E-state index >= 15 is 0 Å². The van der Waals surface area contributed by atoms with Gasteiger partial charge < -0.3 is 9.73 Å². The summed E-state index contributed by atoms with van der Waals surface area (Å²) < 4.78 is 7.16. The quantitative estimate of drug-likeness (QED) is 0.802. The lowest BCUT2D eigenvalue weighted by molar-refractivity contribution is 0.461. The Hall–Kier alpha value is -2.37. The van der Waals surface area contributed by atoms with Gasteiger partial charge in [0.05, 0.1) is 6.26 Å². The van der Waals surface area contributed by atoms with Gasteiger partial charge in [-0.05, 0) is 31.9 Å². The molecule has 6 heteroatoms. The molecule has 0 spiro atoms. The Bertz CT molecular complexity index is 771. The van der Waals surface area contributed by atoms with Crippen LogP contribution < -0.4 is 5.32 Å². The molecule has 0 aromatic carbocycles. The van der Waals surface area contributed by atoms with E-state index in [1.165, 1.54) is 32.1 Å². The molecule has 6 nitrogen and oxygen atoms in total. The standard InChI is InChI=1S/C16H19N5O/c1-11-10-14(18-12-6-3-2-4-7-12)21-16(17-11)19-15(20-21)13-8-5-9-22-13/h5,8-10,12,18H,2-4,6-7H2,1H3. The predicted molar refractivity (Wildman–Crippen MR) is 83.7 cm³/mol. The van der Waals surface area contributed by atoms with Gasteiger partial charge in [-0.15, -0.1) is 5.10 Å². The monoisotopic (exact) mass is 297 g/mol. The molecule has 0 bridgehead atoms. The van der Waals surface area contributed by atoms with Gasteiger partial charge >= 0.3 is 0 Å². The molecule has 4 rings (SSSR count). The van der Waals surface area contributed by atoms with Gasteiger partial charge in [-0.2, -0.15) is 9.50 Å². The zero-order valence-electron chi connectivity index (χ0n) is 12.6. The Kier molecular flexibility index (Phi) is 3.29. The second-order valence-corrected chi connectivity index (χ2v) is 5.89. The number of nitrogens with zero attached hydrogens (tertiary/aromatic N) is 4. The Balaban J connectivity index is 1.73. The van der Waals surface area contributed by atoms with Crippen molar-refractivity contribution < 1.29 is 4.42 Å². The molecule has 114 valence electrons. The summed E-state index contributed by atoms with van der Waals surface area (Å²) in [6, 6.07) is 6.23. The first-order valence-corrected chi connectivity index (χ1v) is 7.84. The van der Waals surface area contributed by atoms with Gasteiger partial charge in [-0.25, -0.2) is 4.98 Å². The predicted octanol–water partition coefficient (Wildman–Crippen LogP) is 3.44. The summed E-state index contributed by atoms with van der Waals surface area (Å²) in [7, 11) is 0. The molecule has 3 heterocycles. The zero-order valence-corrected chi connectivity index (χ0v) is 12.6. The Labute approximate surface area is 128 Å². The number of anilines is 1. The van der Waals surface area contributed by atoms with E-state index in [0.29, 0.717) is 23.4 Å². The molecule has 0 unspecified atom stereocenters. The lowest BCUT2D eigenvalue weighted by Crippen LogP contribution is -2.24. The lowest BCUT2D eigenvalue weighted by atomic mass is 9.95. The van der Waals surface area contributed by atoms with Crippen LogP contribution in [-0.4, -0.2) is 25.6 Å². The number of fused-ring (bicyclic) bond motifs is 1. The number of nitrogens with one attached hydrogen (secondary N) is 1. The fraction of sp³-hybridized carbons (Fsp3) is 0.438. The number of hydrogen-bond acceptors (Lipinski definition) is 5. The van der Waals surface area contributed by atoms with Gasteiger partial charge in [-0.3, -0.25) is 0 Å². The van der Waals surface area contributed by atoms with Gasteiger partial charge in [-0.1, -0.05) is 19.3 Å². The van der Waals surface area contributed by atoms with Crippen molar-refractivity contribution in [3.05, 3.63) is 30.2 Å². The first-order chi connectivity index (χ1) is 10.8. The van der Waals surface area contributed by atoms with E-state index in [1.807, 2.05) is 25.1 Å². The van der Waals surface area contributed by atoms with Crippen LogP contribution in [-0.2, 0) is 0 Å². The first kappa shape index (κ1) is 13.3. The van der Waals surface area contributed by atoms with Gasteiger partial charge in [0, 0.05) is 17.8 Å². The van der Waals surface area contributed by atoms with E-state index in [0.717, 1.165) is 11.5 Å². The van der Waals surface area contributed by atoms with Crippen molar-refractivity contribution in [2.24, 2.45) is 0 Å². The third-order valence-corrected chi connectivity index (χ3v) is 4.14. The molecular formula is C16H19N5O. The zero-order chi connectivity index (χ0) is 14.9. The topological polar surface area (TPSA) is 68.2 Å². The maximum Gasteiger partial charge on any atom is 0.254 e. The molecule has 0 saturated heterocycles. The van der Waals surface area contributed by atoms with Crippen LogP contribution in [0.3, 0.4) is 0 Å². The lowest BCUT2D eigenvalue weighted by Gasteiger charge is -2.23. The molecule has 1 fully saturated rings. The van der Waals surface area contributed by atoms with Gasteiger partial charge in [0.2, 0.25) is 5.82 Å². The summed E-state index contributed by atoms with van der Waals surface area (Å²) in [5.41, 5.74) is 0.934. The largest absolute Gasteiger partial charge is 0.461 e. The van der Waals surface area contributed by atoms with Crippen LogP contribution in [0, 0.1) is 6.92 Å². The van der Waals surface area contributed by atoms with Crippen LogP contribution in [0.4, 0.5) is 5.82 Å². The van der Waals surface area contributed by atoms with E-state index in [-0.39, 0.29) is 0 Å². The highest BCUT2D eigenvalue weighted by Crippen LogP contribution is 2.23. The molecular weight excluding hydrogens is 278 g/mol. The molecule has 0 radical (unpaired) electrons. The SMILES string of the molecule is Cc1cc(NC2CCCCC2)n2nc(-c3ccco3)nc2n1. The number of furan rings is 1. The number of hydrogen-bond donors (Lipinski definition) is 1. The second kappa shape index (κ2) is 5.44. The highest BCUT2D eigenvalue weighted by Gasteiger charge is 2.17. The summed E-state index contributed by atoms with van der Waals surface area (Å²) in [5.74, 6) is 2.78. The molecule has 1 saturated carbocycles. The minimum atomic E-state index is 0.509. The first-order valence-electron chi connectivity index (χ1n) is 7.84. The third-order valence-electron chi connectivity index (χ3n) is 4.14. The van der Waals surface area contributed by atoms with Crippen LogP contribution in [0.2, 0.25) is 0 Å². The highest BCUT2D eigenvalue weighted by atomic mass is 16.3. The van der Waals surface area contributed by atoms with Crippen molar-refractivity contribution in [1.29, 1.82) is 0 Å². The highest BCUT2D eigenvalue weighted by molar-refractivity contribution is 5.53. The number of rotatable bonds is 3. The minimum absolute atomic E-state index is 0.509. The third kappa shape index (κ3) is 2.45. The van der Waals surface area contributed by atoms with Crippen LogP contribution in [0.25, 0.3) is 17.4 Å². The van der Waals surface area contributed by atoms with Crippen molar-refractivity contribution >= 4 is 11.6 Å².